The Kier molecular flexibility index (Phi) is 4.67. The monoisotopic (exact) mass is 279 g/mol. The van der Waals surface area contributed by atoms with E-state index in [9.17, 15) is 4.79 Å². The molecule has 0 amide bonds. The van der Waals surface area contributed by atoms with Gasteiger partial charge in [0.1, 0.15) is 18.2 Å². The number of para-hydroxylation sites is 1. The normalized spacial score (nSPS) is 10.7. The molecule has 0 N–H and O–H groups in total. The van der Waals surface area contributed by atoms with Gasteiger partial charge in [0.25, 0.3) is 0 Å². The van der Waals surface area contributed by atoms with Crippen molar-refractivity contribution in [2.45, 2.75) is 0 Å². The molecule has 5 heteroatoms. The van der Waals surface area contributed by atoms with Gasteiger partial charge in [-0.3, -0.25) is 0 Å². The van der Waals surface area contributed by atoms with Gasteiger partial charge in [-0.1, -0.05) is 30.9 Å². The number of aromatic nitrogens is 2. The fourth-order valence-corrected chi connectivity index (χ4v) is 1.65. The molecular weight excluding hydrogens is 266 g/mol. The number of carbonyl (C=O) groups excluding carboxylic acids is 1. The summed E-state index contributed by atoms with van der Waals surface area (Å²) in [5, 5.41) is 13.2. The summed E-state index contributed by atoms with van der Waals surface area (Å²) in [6, 6.07) is 11.4. The molecule has 2 rings (SSSR count). The molecule has 1 heterocycles. The van der Waals surface area contributed by atoms with E-state index in [-0.39, 0.29) is 12.2 Å². The molecule has 104 valence electrons. The van der Waals surface area contributed by atoms with Crippen molar-refractivity contribution in [2.75, 3.05) is 6.61 Å². The molecule has 0 saturated carbocycles. The van der Waals surface area contributed by atoms with Gasteiger partial charge in [-0.05, 0) is 18.2 Å². The van der Waals surface area contributed by atoms with Crippen molar-refractivity contribution in [1.82, 2.24) is 9.78 Å². The first kappa shape index (κ1) is 14.3. The van der Waals surface area contributed by atoms with Crippen LogP contribution in [-0.2, 0) is 9.53 Å². The van der Waals surface area contributed by atoms with E-state index in [4.69, 9.17) is 10.00 Å². The van der Waals surface area contributed by atoms with Crippen LogP contribution in [0.3, 0.4) is 0 Å². The minimum atomic E-state index is -0.676. The summed E-state index contributed by atoms with van der Waals surface area (Å²) in [7, 11) is 0. The number of carbonyl (C=O) groups is 1. The second-order valence-electron chi connectivity index (χ2n) is 4.11. The largest absolute Gasteiger partial charge is 0.457 e. The summed E-state index contributed by atoms with van der Waals surface area (Å²) in [6.07, 6.45) is 6.19. The van der Waals surface area contributed by atoms with E-state index < -0.39 is 5.97 Å². The van der Waals surface area contributed by atoms with Crippen molar-refractivity contribution in [2.24, 2.45) is 0 Å². The van der Waals surface area contributed by atoms with Crippen LogP contribution in [0.15, 0.2) is 61.0 Å². The molecule has 0 aliphatic heterocycles. The molecule has 0 saturated heterocycles. The van der Waals surface area contributed by atoms with Gasteiger partial charge < -0.3 is 4.74 Å². The maximum atomic E-state index is 11.6. The Morgan fingerprint density at radius 1 is 1.43 bits per heavy atom. The third kappa shape index (κ3) is 3.67. The van der Waals surface area contributed by atoms with Gasteiger partial charge in [-0.2, -0.15) is 10.4 Å². The zero-order valence-electron chi connectivity index (χ0n) is 11.3. The maximum Gasteiger partial charge on any atom is 0.349 e. The lowest BCUT2D eigenvalue weighted by molar-refractivity contribution is -0.137. The number of nitrogens with zero attached hydrogens (tertiary/aromatic N) is 3. The van der Waals surface area contributed by atoms with Gasteiger partial charge in [0.05, 0.1) is 11.9 Å². The lowest BCUT2D eigenvalue weighted by atomic mass is 10.2. The van der Waals surface area contributed by atoms with Crippen LogP contribution in [-0.4, -0.2) is 22.4 Å². The van der Waals surface area contributed by atoms with Crippen molar-refractivity contribution in [3.8, 4) is 11.8 Å². The van der Waals surface area contributed by atoms with Crippen LogP contribution in [0.1, 0.15) is 5.56 Å². The number of nitriles is 1. The Bertz CT molecular complexity index is 709. The van der Waals surface area contributed by atoms with Gasteiger partial charge in [-0.15, -0.1) is 0 Å². The molecule has 1 aromatic heterocycles. The summed E-state index contributed by atoms with van der Waals surface area (Å²) in [5.74, 6) is -0.676. The summed E-state index contributed by atoms with van der Waals surface area (Å²) in [5.41, 5.74) is 1.46. The quantitative estimate of drug-likeness (QED) is 0.365. The topological polar surface area (TPSA) is 67.9 Å². The minimum absolute atomic E-state index is 0.0706. The predicted octanol–water partition coefficient (Wildman–Crippen LogP) is 2.51. The van der Waals surface area contributed by atoms with E-state index in [2.05, 4.69) is 11.7 Å². The van der Waals surface area contributed by atoms with E-state index in [0.717, 1.165) is 5.69 Å². The first-order chi connectivity index (χ1) is 10.2. The smallest absolute Gasteiger partial charge is 0.349 e. The maximum absolute atomic E-state index is 11.6. The average Bonchev–Trinajstić information content (AvgIpc) is 2.99. The summed E-state index contributed by atoms with van der Waals surface area (Å²) in [6.45, 7) is 3.52. The highest BCUT2D eigenvalue weighted by atomic mass is 16.5. The summed E-state index contributed by atoms with van der Waals surface area (Å²) >= 11 is 0. The van der Waals surface area contributed by atoms with Crippen molar-refractivity contribution >= 4 is 12.0 Å². The molecule has 21 heavy (non-hydrogen) atoms. The predicted molar refractivity (Wildman–Crippen MR) is 78.3 cm³/mol. The van der Waals surface area contributed by atoms with Crippen molar-refractivity contribution in [3.05, 3.63) is 66.5 Å². The number of benzene rings is 1. The fraction of sp³-hybridized carbons (Fsp3) is 0.0625. The van der Waals surface area contributed by atoms with Crippen LogP contribution >= 0.6 is 0 Å². The van der Waals surface area contributed by atoms with Crippen molar-refractivity contribution < 1.29 is 9.53 Å². The van der Waals surface area contributed by atoms with E-state index in [0.29, 0.717) is 5.56 Å². The highest BCUT2D eigenvalue weighted by Gasteiger charge is 2.10. The molecule has 0 spiro atoms. The van der Waals surface area contributed by atoms with Crippen LogP contribution in [0, 0.1) is 11.3 Å². The Labute approximate surface area is 122 Å². The second kappa shape index (κ2) is 6.87. The Balaban J connectivity index is 2.21. The Morgan fingerprint density at radius 3 is 2.86 bits per heavy atom. The van der Waals surface area contributed by atoms with E-state index in [1.54, 1.807) is 17.1 Å². The Hall–Kier alpha value is -3.13. The molecule has 1 aromatic carbocycles. The van der Waals surface area contributed by atoms with Crippen LogP contribution in [0.5, 0.6) is 0 Å². The van der Waals surface area contributed by atoms with Crippen LogP contribution in [0.25, 0.3) is 11.8 Å². The minimum Gasteiger partial charge on any atom is -0.457 e. The lowest BCUT2D eigenvalue weighted by Gasteiger charge is -1.99. The highest BCUT2D eigenvalue weighted by Crippen LogP contribution is 2.11. The first-order valence-corrected chi connectivity index (χ1v) is 6.24. The van der Waals surface area contributed by atoms with Gasteiger partial charge in [0, 0.05) is 11.8 Å². The van der Waals surface area contributed by atoms with Crippen LogP contribution < -0.4 is 0 Å². The standard InChI is InChI=1S/C16H13N3O2/c1-2-8-21-16(20)14(10-17)9-13-11-18-19(12-13)15-6-4-3-5-7-15/h2-7,9,11-12H,1,8H2/b14-9+. The molecule has 0 bridgehead atoms. The molecule has 0 unspecified atom stereocenters. The molecule has 5 nitrogen and oxygen atoms in total. The van der Waals surface area contributed by atoms with Gasteiger partial charge in [0.2, 0.25) is 0 Å². The van der Waals surface area contributed by atoms with Crippen molar-refractivity contribution in [1.29, 1.82) is 5.26 Å². The molecule has 0 atom stereocenters. The SMILES string of the molecule is C=CCOC(=O)/C(C#N)=C/c1cnn(-c2ccccc2)c1. The molecular formula is C16H13N3O2. The first-order valence-electron chi connectivity index (χ1n) is 6.24. The molecule has 2 aromatic rings. The fourth-order valence-electron chi connectivity index (χ4n) is 1.65. The van der Waals surface area contributed by atoms with Gasteiger partial charge in [0.15, 0.2) is 0 Å². The highest BCUT2D eigenvalue weighted by molar-refractivity contribution is 5.97. The van der Waals surface area contributed by atoms with Gasteiger partial charge in [-0.25, -0.2) is 9.48 Å². The third-order valence-corrected chi connectivity index (χ3v) is 2.61. The number of hydrogen-bond donors (Lipinski definition) is 0. The third-order valence-electron chi connectivity index (χ3n) is 2.61. The Morgan fingerprint density at radius 2 is 2.19 bits per heavy atom. The molecule has 0 aliphatic carbocycles. The van der Waals surface area contributed by atoms with E-state index in [1.165, 1.54) is 12.2 Å². The zero-order valence-corrected chi connectivity index (χ0v) is 11.3. The number of hydrogen-bond acceptors (Lipinski definition) is 4. The van der Waals surface area contributed by atoms with E-state index in [1.807, 2.05) is 36.4 Å². The molecule has 0 radical (unpaired) electrons. The number of ether oxygens (including phenoxy) is 1. The lowest BCUT2D eigenvalue weighted by Crippen LogP contribution is -2.06. The number of esters is 1. The molecule has 0 aliphatic rings. The average molecular weight is 279 g/mol. The zero-order chi connectivity index (χ0) is 15.1. The van der Waals surface area contributed by atoms with Gasteiger partial charge >= 0.3 is 5.97 Å². The second-order valence-corrected chi connectivity index (χ2v) is 4.11. The molecule has 0 fully saturated rings. The number of rotatable bonds is 5. The van der Waals surface area contributed by atoms with Crippen LogP contribution in [0.2, 0.25) is 0 Å². The van der Waals surface area contributed by atoms with Crippen molar-refractivity contribution in [3.63, 3.8) is 0 Å². The summed E-state index contributed by atoms with van der Waals surface area (Å²) in [4.78, 5) is 11.6. The summed E-state index contributed by atoms with van der Waals surface area (Å²) < 4.78 is 6.50. The van der Waals surface area contributed by atoms with E-state index >= 15 is 0 Å². The van der Waals surface area contributed by atoms with Crippen LogP contribution in [0.4, 0.5) is 0 Å².